The molecule has 2 aromatic rings. The van der Waals surface area contributed by atoms with Gasteiger partial charge in [0.15, 0.2) is 5.65 Å². The fourth-order valence-electron chi connectivity index (χ4n) is 2.67. The van der Waals surface area contributed by atoms with Crippen LogP contribution in [0.15, 0.2) is 12.3 Å². The molecule has 1 aliphatic rings. The van der Waals surface area contributed by atoms with Crippen molar-refractivity contribution in [2.75, 3.05) is 26.7 Å². The maximum absolute atomic E-state index is 6.27. The zero-order valence-electron chi connectivity index (χ0n) is 12.1. The first-order valence-corrected chi connectivity index (χ1v) is 7.82. The van der Waals surface area contributed by atoms with Crippen molar-refractivity contribution in [1.29, 1.82) is 0 Å². The molecule has 2 unspecified atom stereocenters. The van der Waals surface area contributed by atoms with E-state index in [0.29, 0.717) is 11.6 Å². The maximum Gasteiger partial charge on any atom is 0.160 e. The highest BCUT2D eigenvalue weighted by Crippen LogP contribution is 2.25. The molecule has 3 heterocycles. The van der Waals surface area contributed by atoms with Gasteiger partial charge in [-0.05, 0) is 20.0 Å². The lowest BCUT2D eigenvalue weighted by molar-refractivity contribution is -0.0273. The Labute approximate surface area is 133 Å². The second-order valence-electron chi connectivity index (χ2n) is 5.45. The molecule has 114 valence electrons. The summed E-state index contributed by atoms with van der Waals surface area (Å²) in [6, 6.07) is 1.82. The van der Waals surface area contributed by atoms with Crippen molar-refractivity contribution >= 4 is 34.4 Å². The molecule has 0 aromatic carbocycles. The van der Waals surface area contributed by atoms with Gasteiger partial charge in [0.25, 0.3) is 0 Å². The smallest absolute Gasteiger partial charge is 0.160 e. The van der Waals surface area contributed by atoms with Gasteiger partial charge in [-0.25, -0.2) is 9.97 Å². The molecule has 1 saturated heterocycles. The molecule has 3 rings (SSSR count). The monoisotopic (exact) mass is 328 g/mol. The number of rotatable bonds is 3. The van der Waals surface area contributed by atoms with E-state index in [1.54, 1.807) is 6.20 Å². The first-order valence-electron chi connectivity index (χ1n) is 7.00. The van der Waals surface area contributed by atoms with Crippen LogP contribution in [0, 0.1) is 0 Å². The van der Waals surface area contributed by atoms with Crippen LogP contribution in [0.4, 0.5) is 0 Å². The first kappa shape index (κ1) is 15.0. The van der Waals surface area contributed by atoms with Crippen molar-refractivity contribution in [3.05, 3.63) is 23.1 Å². The molecular formula is C14H18Cl2N4O. The number of hydrogen-bond donors (Lipinski definition) is 0. The number of ether oxygens (including phenoxy) is 1. The summed E-state index contributed by atoms with van der Waals surface area (Å²) in [6.07, 6.45) is 1.76. The van der Waals surface area contributed by atoms with Crippen molar-refractivity contribution < 1.29 is 4.74 Å². The van der Waals surface area contributed by atoms with Crippen molar-refractivity contribution in [3.8, 4) is 0 Å². The zero-order chi connectivity index (χ0) is 15.0. The predicted octanol–water partition coefficient (Wildman–Crippen LogP) is 2.72. The third-order valence-electron chi connectivity index (χ3n) is 3.66. The van der Waals surface area contributed by atoms with Gasteiger partial charge in [-0.3, -0.25) is 0 Å². The molecule has 0 saturated carbocycles. The van der Waals surface area contributed by atoms with E-state index >= 15 is 0 Å². The van der Waals surface area contributed by atoms with Crippen LogP contribution in [0.2, 0.25) is 5.02 Å². The van der Waals surface area contributed by atoms with Crippen LogP contribution in [0.1, 0.15) is 18.1 Å². The lowest BCUT2D eigenvalue weighted by Crippen LogP contribution is -2.42. The number of fused-ring (bicyclic) bond motifs is 1. The van der Waals surface area contributed by atoms with Crippen LogP contribution in [0.5, 0.6) is 0 Å². The summed E-state index contributed by atoms with van der Waals surface area (Å²) in [7, 11) is 2.10. The number of imidazole rings is 1. The minimum atomic E-state index is -0.195. The van der Waals surface area contributed by atoms with Gasteiger partial charge in [-0.2, -0.15) is 0 Å². The van der Waals surface area contributed by atoms with Crippen LogP contribution in [-0.4, -0.2) is 52.3 Å². The van der Waals surface area contributed by atoms with Crippen LogP contribution < -0.4 is 0 Å². The molecule has 2 aromatic heterocycles. The van der Waals surface area contributed by atoms with Gasteiger partial charge in [-0.1, -0.05) is 11.6 Å². The summed E-state index contributed by atoms with van der Waals surface area (Å²) in [5.41, 5.74) is 1.58. The highest BCUT2D eigenvalue weighted by atomic mass is 35.5. The molecule has 1 fully saturated rings. The number of nitrogens with zero attached hydrogens (tertiary/aromatic N) is 4. The Bertz CT molecular complexity index is 643. The summed E-state index contributed by atoms with van der Waals surface area (Å²) in [5.74, 6) is 0.804. The third kappa shape index (κ3) is 3.16. The van der Waals surface area contributed by atoms with Crippen molar-refractivity contribution in [1.82, 2.24) is 19.4 Å². The second kappa shape index (κ2) is 6.08. The first-order chi connectivity index (χ1) is 10.0. The predicted molar refractivity (Wildman–Crippen MR) is 84.0 cm³/mol. The Hall–Kier alpha value is -0.880. The minimum absolute atomic E-state index is 0.118. The van der Waals surface area contributed by atoms with E-state index in [-0.39, 0.29) is 11.5 Å². The number of likely N-dealkylation sites (N-methyl/N-ethyl adjacent to an activating group) is 1. The SMILES string of the molecule is CC(Cl)c1nc2cc(Cl)cnc2n1CC1CN(C)CCO1. The van der Waals surface area contributed by atoms with Gasteiger partial charge < -0.3 is 14.2 Å². The molecular weight excluding hydrogens is 311 g/mol. The molecule has 0 N–H and O–H groups in total. The molecule has 0 amide bonds. The van der Waals surface area contributed by atoms with Crippen LogP contribution in [-0.2, 0) is 11.3 Å². The summed E-state index contributed by atoms with van der Waals surface area (Å²) >= 11 is 12.3. The summed E-state index contributed by atoms with van der Waals surface area (Å²) in [6.45, 7) is 5.21. The lowest BCUT2D eigenvalue weighted by atomic mass is 10.2. The zero-order valence-corrected chi connectivity index (χ0v) is 13.6. The summed E-state index contributed by atoms with van der Waals surface area (Å²) in [4.78, 5) is 11.2. The molecule has 5 nitrogen and oxygen atoms in total. The average molecular weight is 329 g/mol. The van der Waals surface area contributed by atoms with Gasteiger partial charge in [0.1, 0.15) is 11.3 Å². The number of halogens is 2. The minimum Gasteiger partial charge on any atom is -0.374 e. The maximum atomic E-state index is 6.27. The molecule has 21 heavy (non-hydrogen) atoms. The molecule has 1 aliphatic heterocycles. The second-order valence-corrected chi connectivity index (χ2v) is 6.54. The van der Waals surface area contributed by atoms with Gasteiger partial charge in [0.05, 0.1) is 29.7 Å². The van der Waals surface area contributed by atoms with E-state index in [9.17, 15) is 0 Å². The van der Waals surface area contributed by atoms with E-state index in [0.717, 1.165) is 36.7 Å². The third-order valence-corrected chi connectivity index (χ3v) is 4.07. The fraction of sp³-hybridized carbons (Fsp3) is 0.571. The molecule has 0 bridgehead atoms. The average Bonchev–Trinajstić information content (AvgIpc) is 2.77. The molecule has 0 radical (unpaired) electrons. The van der Waals surface area contributed by atoms with Gasteiger partial charge >= 0.3 is 0 Å². The Morgan fingerprint density at radius 2 is 2.33 bits per heavy atom. The Balaban J connectivity index is 1.97. The Morgan fingerprint density at radius 3 is 3.05 bits per heavy atom. The van der Waals surface area contributed by atoms with Crippen LogP contribution in [0.3, 0.4) is 0 Å². The normalized spacial score (nSPS) is 21.8. The number of morpholine rings is 1. The van der Waals surface area contributed by atoms with Gasteiger partial charge in [0.2, 0.25) is 0 Å². The number of hydrogen-bond acceptors (Lipinski definition) is 4. The van der Waals surface area contributed by atoms with Gasteiger partial charge in [0, 0.05) is 19.3 Å². The molecule has 7 heteroatoms. The Morgan fingerprint density at radius 1 is 1.52 bits per heavy atom. The van der Waals surface area contributed by atoms with Crippen molar-refractivity contribution in [2.24, 2.45) is 0 Å². The highest BCUT2D eigenvalue weighted by molar-refractivity contribution is 6.31. The molecule has 0 spiro atoms. The van der Waals surface area contributed by atoms with E-state index < -0.39 is 0 Å². The van der Waals surface area contributed by atoms with Gasteiger partial charge in [-0.15, -0.1) is 11.6 Å². The lowest BCUT2D eigenvalue weighted by Gasteiger charge is -2.30. The molecule has 0 aliphatic carbocycles. The topological polar surface area (TPSA) is 43.2 Å². The number of alkyl halides is 1. The fourth-order valence-corrected chi connectivity index (χ4v) is 2.99. The standard InChI is InChI=1S/C14H18Cl2N4O/c1-9(15)13-18-12-5-10(16)6-17-14(12)20(13)8-11-7-19(2)3-4-21-11/h5-6,9,11H,3-4,7-8H2,1-2H3. The van der Waals surface area contributed by atoms with Crippen LogP contribution >= 0.6 is 23.2 Å². The van der Waals surface area contributed by atoms with Crippen molar-refractivity contribution in [2.45, 2.75) is 24.9 Å². The largest absolute Gasteiger partial charge is 0.374 e. The summed E-state index contributed by atoms with van der Waals surface area (Å²) in [5, 5.41) is 0.383. The Kier molecular flexibility index (Phi) is 4.36. The van der Waals surface area contributed by atoms with E-state index in [2.05, 4.69) is 21.9 Å². The summed E-state index contributed by atoms with van der Waals surface area (Å²) < 4.78 is 7.89. The molecule has 2 atom stereocenters. The van der Waals surface area contributed by atoms with E-state index in [1.165, 1.54) is 0 Å². The number of aromatic nitrogens is 3. The quantitative estimate of drug-likeness (QED) is 0.812. The highest BCUT2D eigenvalue weighted by Gasteiger charge is 2.23. The van der Waals surface area contributed by atoms with Crippen molar-refractivity contribution in [3.63, 3.8) is 0 Å². The van der Waals surface area contributed by atoms with E-state index in [1.807, 2.05) is 17.6 Å². The van der Waals surface area contributed by atoms with Crippen LogP contribution in [0.25, 0.3) is 11.2 Å². The van der Waals surface area contributed by atoms with E-state index in [4.69, 9.17) is 27.9 Å². The number of pyridine rings is 1.